The fourth-order valence-corrected chi connectivity index (χ4v) is 3.10. The average Bonchev–Trinajstić information content (AvgIpc) is 2.59. The van der Waals surface area contributed by atoms with Crippen molar-refractivity contribution >= 4 is 11.5 Å². The Bertz CT molecular complexity index is 771. The van der Waals surface area contributed by atoms with Crippen LogP contribution in [0.4, 0.5) is 0 Å². The summed E-state index contributed by atoms with van der Waals surface area (Å²) in [6.07, 6.45) is 2.07. The molecule has 2 rings (SSSR count). The molecule has 0 saturated carbocycles. The molecule has 138 valence electrons. The fourth-order valence-electron chi connectivity index (χ4n) is 3.10. The van der Waals surface area contributed by atoms with Gasteiger partial charge in [-0.1, -0.05) is 36.4 Å². The standard InChI is InChI=1S/C22H27NO3/c1-15(2)23(16(3)4)13-12-19(17-8-6-5-7-9-17)20-14-18(22(25)26)10-11-21(20)24/h5-12,14-16,24H,13H2,1-4H3,(H,25,26). The van der Waals surface area contributed by atoms with E-state index in [9.17, 15) is 15.0 Å². The van der Waals surface area contributed by atoms with Crippen LogP contribution in [0.2, 0.25) is 0 Å². The van der Waals surface area contributed by atoms with Crippen molar-refractivity contribution in [2.24, 2.45) is 0 Å². The van der Waals surface area contributed by atoms with E-state index >= 15 is 0 Å². The number of carbonyl (C=O) groups is 1. The molecule has 2 aromatic carbocycles. The number of phenols is 1. The van der Waals surface area contributed by atoms with Crippen LogP contribution in [-0.4, -0.2) is 39.7 Å². The maximum Gasteiger partial charge on any atom is 0.335 e. The largest absolute Gasteiger partial charge is 0.507 e. The van der Waals surface area contributed by atoms with Crippen LogP contribution in [0.3, 0.4) is 0 Å². The lowest BCUT2D eigenvalue weighted by Crippen LogP contribution is -2.37. The van der Waals surface area contributed by atoms with Crippen LogP contribution in [0.25, 0.3) is 5.57 Å². The van der Waals surface area contributed by atoms with Gasteiger partial charge in [-0.05, 0) is 57.0 Å². The Morgan fingerprint density at radius 3 is 2.15 bits per heavy atom. The van der Waals surface area contributed by atoms with Crippen molar-refractivity contribution in [3.8, 4) is 5.75 Å². The average molecular weight is 353 g/mol. The molecule has 0 amide bonds. The van der Waals surface area contributed by atoms with Crippen LogP contribution in [0.15, 0.2) is 54.6 Å². The smallest absolute Gasteiger partial charge is 0.335 e. The van der Waals surface area contributed by atoms with Crippen molar-refractivity contribution in [2.75, 3.05) is 6.54 Å². The molecule has 0 aliphatic heterocycles. The summed E-state index contributed by atoms with van der Waals surface area (Å²) in [5.41, 5.74) is 2.46. The molecule has 0 bridgehead atoms. The number of benzene rings is 2. The van der Waals surface area contributed by atoms with Crippen LogP contribution in [0.5, 0.6) is 5.75 Å². The van der Waals surface area contributed by atoms with Gasteiger partial charge in [0.1, 0.15) is 5.75 Å². The molecule has 0 radical (unpaired) electrons. The summed E-state index contributed by atoms with van der Waals surface area (Å²) >= 11 is 0. The van der Waals surface area contributed by atoms with Crippen LogP contribution in [-0.2, 0) is 0 Å². The first-order chi connectivity index (χ1) is 12.3. The quantitative estimate of drug-likeness (QED) is 0.761. The summed E-state index contributed by atoms with van der Waals surface area (Å²) in [6, 6.07) is 14.9. The molecule has 2 aromatic rings. The van der Waals surface area contributed by atoms with Gasteiger partial charge in [0.05, 0.1) is 5.56 Å². The molecule has 0 fully saturated rings. The van der Waals surface area contributed by atoms with E-state index < -0.39 is 5.97 Å². The number of rotatable bonds is 7. The second kappa shape index (κ2) is 8.68. The highest BCUT2D eigenvalue weighted by atomic mass is 16.4. The number of aromatic hydroxyl groups is 1. The third-order valence-corrected chi connectivity index (χ3v) is 4.45. The van der Waals surface area contributed by atoms with Crippen molar-refractivity contribution in [2.45, 2.75) is 39.8 Å². The Morgan fingerprint density at radius 1 is 1.00 bits per heavy atom. The van der Waals surface area contributed by atoms with Gasteiger partial charge in [-0.15, -0.1) is 0 Å². The third-order valence-electron chi connectivity index (χ3n) is 4.45. The van der Waals surface area contributed by atoms with Gasteiger partial charge < -0.3 is 10.2 Å². The van der Waals surface area contributed by atoms with Crippen molar-refractivity contribution < 1.29 is 15.0 Å². The first-order valence-corrected chi connectivity index (χ1v) is 8.89. The zero-order valence-corrected chi connectivity index (χ0v) is 15.8. The zero-order valence-electron chi connectivity index (χ0n) is 15.8. The van der Waals surface area contributed by atoms with Gasteiger partial charge >= 0.3 is 5.97 Å². The second-order valence-corrected chi connectivity index (χ2v) is 6.91. The highest BCUT2D eigenvalue weighted by Crippen LogP contribution is 2.31. The first-order valence-electron chi connectivity index (χ1n) is 8.89. The van der Waals surface area contributed by atoms with E-state index in [2.05, 4.69) is 38.7 Å². The molecule has 0 spiro atoms. The molecular weight excluding hydrogens is 326 g/mol. The molecule has 0 aromatic heterocycles. The molecule has 2 N–H and O–H groups in total. The molecule has 4 heteroatoms. The van der Waals surface area contributed by atoms with Gasteiger partial charge in [-0.3, -0.25) is 4.90 Å². The number of aromatic carboxylic acids is 1. The van der Waals surface area contributed by atoms with Crippen molar-refractivity contribution in [3.63, 3.8) is 0 Å². The molecule has 0 aliphatic carbocycles. The van der Waals surface area contributed by atoms with Crippen LogP contribution in [0.1, 0.15) is 49.2 Å². The zero-order chi connectivity index (χ0) is 19.3. The predicted octanol–water partition coefficient (Wildman–Crippen LogP) is 4.64. The third kappa shape index (κ3) is 4.73. The Kier molecular flexibility index (Phi) is 6.58. The van der Waals surface area contributed by atoms with E-state index in [1.807, 2.05) is 30.3 Å². The fraction of sp³-hybridized carbons (Fsp3) is 0.318. The summed E-state index contributed by atoms with van der Waals surface area (Å²) in [5.74, 6) is -0.935. The lowest BCUT2D eigenvalue weighted by atomic mass is 9.95. The van der Waals surface area contributed by atoms with Gasteiger partial charge in [-0.25, -0.2) is 4.79 Å². The summed E-state index contributed by atoms with van der Waals surface area (Å²) in [4.78, 5) is 13.7. The lowest BCUT2D eigenvalue weighted by molar-refractivity contribution is 0.0697. The molecule has 4 nitrogen and oxygen atoms in total. The Morgan fingerprint density at radius 2 is 1.62 bits per heavy atom. The number of nitrogens with zero attached hydrogens (tertiary/aromatic N) is 1. The number of hydrogen-bond acceptors (Lipinski definition) is 3. The molecule has 0 aliphatic rings. The maximum absolute atomic E-state index is 11.4. The minimum Gasteiger partial charge on any atom is -0.507 e. The molecular formula is C22H27NO3. The van der Waals surface area contributed by atoms with Gasteiger partial charge in [0.25, 0.3) is 0 Å². The van der Waals surface area contributed by atoms with Gasteiger partial charge in [0, 0.05) is 24.2 Å². The second-order valence-electron chi connectivity index (χ2n) is 6.91. The van der Waals surface area contributed by atoms with E-state index in [4.69, 9.17) is 0 Å². The highest BCUT2D eigenvalue weighted by molar-refractivity contribution is 5.91. The van der Waals surface area contributed by atoms with E-state index in [0.717, 1.165) is 11.1 Å². The summed E-state index contributed by atoms with van der Waals surface area (Å²) in [7, 11) is 0. The van der Waals surface area contributed by atoms with Crippen LogP contribution < -0.4 is 0 Å². The minimum absolute atomic E-state index is 0.0748. The number of carboxylic acids is 1. The van der Waals surface area contributed by atoms with Crippen LogP contribution >= 0.6 is 0 Å². The molecule has 26 heavy (non-hydrogen) atoms. The Balaban J connectivity index is 2.54. The van der Waals surface area contributed by atoms with Crippen molar-refractivity contribution in [3.05, 3.63) is 71.3 Å². The molecule has 0 unspecified atom stereocenters. The molecule has 0 atom stereocenters. The Labute approximate surface area is 155 Å². The van der Waals surface area contributed by atoms with Crippen molar-refractivity contribution in [1.82, 2.24) is 4.90 Å². The summed E-state index contributed by atoms with van der Waals surface area (Å²) in [5, 5.41) is 19.7. The molecule has 0 heterocycles. The molecule has 0 saturated heterocycles. The summed E-state index contributed by atoms with van der Waals surface area (Å²) < 4.78 is 0. The van der Waals surface area contributed by atoms with Crippen LogP contribution in [0, 0.1) is 0 Å². The minimum atomic E-state index is -1.01. The van der Waals surface area contributed by atoms with Gasteiger partial charge in [-0.2, -0.15) is 0 Å². The van der Waals surface area contributed by atoms with Gasteiger partial charge in [0.15, 0.2) is 0 Å². The normalized spacial score (nSPS) is 12.2. The van der Waals surface area contributed by atoms with E-state index in [1.165, 1.54) is 18.2 Å². The first kappa shape index (κ1) is 19.7. The number of hydrogen-bond donors (Lipinski definition) is 2. The summed E-state index contributed by atoms with van der Waals surface area (Å²) in [6.45, 7) is 9.31. The topological polar surface area (TPSA) is 60.8 Å². The van der Waals surface area contributed by atoms with E-state index in [0.29, 0.717) is 24.2 Å². The van der Waals surface area contributed by atoms with E-state index in [1.54, 1.807) is 0 Å². The number of phenolic OH excluding ortho intramolecular Hbond substituents is 1. The maximum atomic E-state index is 11.4. The lowest BCUT2D eigenvalue weighted by Gasteiger charge is -2.29. The van der Waals surface area contributed by atoms with Crippen molar-refractivity contribution in [1.29, 1.82) is 0 Å². The predicted molar refractivity (Wildman–Crippen MR) is 106 cm³/mol. The number of carboxylic acid groups (broad SMARTS) is 1. The monoisotopic (exact) mass is 353 g/mol. The highest BCUT2D eigenvalue weighted by Gasteiger charge is 2.16. The van der Waals surface area contributed by atoms with E-state index in [-0.39, 0.29) is 11.3 Å². The SMILES string of the molecule is CC(C)N(CC=C(c1ccccc1)c1cc(C(=O)O)ccc1O)C(C)C. The van der Waals surface area contributed by atoms with Gasteiger partial charge in [0.2, 0.25) is 0 Å². The Hall–Kier alpha value is -2.59.